The average molecular weight is 343 g/mol. The molecule has 0 aliphatic carbocycles. The van der Waals surface area contributed by atoms with Crippen molar-refractivity contribution in [3.05, 3.63) is 52.5 Å². The number of pyridine rings is 1. The first kappa shape index (κ1) is 17.1. The molecule has 24 heavy (non-hydrogen) atoms. The Labute approximate surface area is 147 Å². The second-order valence-corrected chi connectivity index (χ2v) is 7.29. The molecule has 1 amide bonds. The predicted molar refractivity (Wildman–Crippen MR) is 97.9 cm³/mol. The molecule has 128 valence electrons. The summed E-state index contributed by atoms with van der Waals surface area (Å²) >= 11 is 1.73. The van der Waals surface area contributed by atoms with Crippen molar-refractivity contribution in [1.82, 2.24) is 15.2 Å². The fraction of sp³-hybridized carbons (Fsp3) is 0.474. The van der Waals surface area contributed by atoms with Crippen molar-refractivity contribution in [2.45, 2.75) is 44.7 Å². The monoisotopic (exact) mass is 343 g/mol. The van der Waals surface area contributed by atoms with E-state index in [0.29, 0.717) is 19.0 Å². The van der Waals surface area contributed by atoms with Crippen molar-refractivity contribution in [2.75, 3.05) is 13.1 Å². The predicted octanol–water partition coefficient (Wildman–Crippen LogP) is 3.25. The zero-order valence-electron chi connectivity index (χ0n) is 14.0. The van der Waals surface area contributed by atoms with E-state index < -0.39 is 0 Å². The highest BCUT2D eigenvalue weighted by Crippen LogP contribution is 2.19. The van der Waals surface area contributed by atoms with E-state index in [1.165, 1.54) is 4.88 Å². The number of amides is 1. The van der Waals surface area contributed by atoms with Gasteiger partial charge >= 0.3 is 0 Å². The van der Waals surface area contributed by atoms with Gasteiger partial charge < -0.3 is 10.2 Å². The van der Waals surface area contributed by atoms with E-state index in [9.17, 15) is 4.79 Å². The molecule has 0 bridgehead atoms. The van der Waals surface area contributed by atoms with Gasteiger partial charge in [0, 0.05) is 23.5 Å². The van der Waals surface area contributed by atoms with Gasteiger partial charge in [0.15, 0.2) is 0 Å². The molecule has 1 fully saturated rings. The van der Waals surface area contributed by atoms with Gasteiger partial charge in [-0.1, -0.05) is 12.1 Å². The smallest absolute Gasteiger partial charge is 0.223 e. The standard InChI is InChI=1S/C19H25N3OS/c23-19(9-8-18-7-4-14-24-18)22(15-16-5-1-2-12-21-16)17-6-3-11-20-13-10-17/h1-2,4-5,7,12,14,17,20H,3,6,8-11,13,15H2. The fourth-order valence-corrected chi connectivity index (χ4v) is 3.94. The van der Waals surface area contributed by atoms with Gasteiger partial charge in [-0.25, -0.2) is 0 Å². The highest BCUT2D eigenvalue weighted by molar-refractivity contribution is 7.09. The topological polar surface area (TPSA) is 45.2 Å². The summed E-state index contributed by atoms with van der Waals surface area (Å²) in [5.41, 5.74) is 0.971. The minimum atomic E-state index is 0.251. The summed E-state index contributed by atoms with van der Waals surface area (Å²) in [4.78, 5) is 20.7. The molecule has 4 nitrogen and oxygen atoms in total. The van der Waals surface area contributed by atoms with E-state index >= 15 is 0 Å². The van der Waals surface area contributed by atoms with Crippen LogP contribution in [0, 0.1) is 0 Å². The van der Waals surface area contributed by atoms with Crippen molar-refractivity contribution in [3.63, 3.8) is 0 Å². The number of hydrogen-bond donors (Lipinski definition) is 1. The zero-order valence-corrected chi connectivity index (χ0v) is 14.8. The van der Waals surface area contributed by atoms with E-state index in [2.05, 4.69) is 26.6 Å². The number of nitrogens with zero attached hydrogens (tertiary/aromatic N) is 2. The number of aromatic nitrogens is 1. The normalized spacial score (nSPS) is 18.1. The average Bonchev–Trinajstić information content (AvgIpc) is 3.00. The van der Waals surface area contributed by atoms with Crippen molar-refractivity contribution in [2.24, 2.45) is 0 Å². The highest BCUT2D eigenvalue weighted by atomic mass is 32.1. The molecular weight excluding hydrogens is 318 g/mol. The lowest BCUT2D eigenvalue weighted by atomic mass is 10.1. The number of nitrogens with one attached hydrogen (secondary N) is 1. The molecule has 1 atom stereocenters. The van der Waals surface area contributed by atoms with Gasteiger partial charge in [0.05, 0.1) is 12.2 Å². The number of rotatable bonds is 6. The SMILES string of the molecule is O=C(CCc1cccs1)N(Cc1ccccn1)C1CCCNCC1. The molecule has 2 aromatic heterocycles. The Morgan fingerprint density at radius 1 is 1.25 bits per heavy atom. The Kier molecular flexibility index (Phi) is 6.38. The summed E-state index contributed by atoms with van der Waals surface area (Å²) in [6, 6.07) is 10.4. The summed E-state index contributed by atoms with van der Waals surface area (Å²) in [5.74, 6) is 0.251. The van der Waals surface area contributed by atoms with Gasteiger partial charge in [0.2, 0.25) is 5.91 Å². The lowest BCUT2D eigenvalue weighted by Gasteiger charge is -2.31. The van der Waals surface area contributed by atoms with Crippen LogP contribution in [0.1, 0.15) is 36.3 Å². The van der Waals surface area contributed by atoms with Crippen LogP contribution >= 0.6 is 11.3 Å². The van der Waals surface area contributed by atoms with Crippen LogP contribution in [0.3, 0.4) is 0 Å². The Balaban J connectivity index is 1.68. The van der Waals surface area contributed by atoms with Crippen molar-refractivity contribution >= 4 is 17.2 Å². The first-order chi connectivity index (χ1) is 11.8. The molecule has 1 N–H and O–H groups in total. The van der Waals surface area contributed by atoms with Gasteiger partial charge in [-0.05, 0) is 62.4 Å². The zero-order chi connectivity index (χ0) is 16.6. The molecule has 3 heterocycles. The largest absolute Gasteiger partial charge is 0.334 e. The van der Waals surface area contributed by atoms with Crippen LogP contribution in [0.15, 0.2) is 41.9 Å². The quantitative estimate of drug-likeness (QED) is 0.876. The van der Waals surface area contributed by atoms with E-state index in [-0.39, 0.29) is 5.91 Å². The second kappa shape index (κ2) is 8.94. The first-order valence-corrected chi connectivity index (χ1v) is 9.63. The minimum Gasteiger partial charge on any atom is -0.334 e. The molecule has 0 radical (unpaired) electrons. The Bertz CT molecular complexity index is 607. The van der Waals surface area contributed by atoms with Crippen LogP contribution in [-0.2, 0) is 17.8 Å². The van der Waals surface area contributed by atoms with E-state index in [0.717, 1.165) is 44.5 Å². The summed E-state index contributed by atoms with van der Waals surface area (Å²) in [5, 5.41) is 5.51. The van der Waals surface area contributed by atoms with Crippen LogP contribution in [0.5, 0.6) is 0 Å². The van der Waals surface area contributed by atoms with Crippen molar-refractivity contribution in [1.29, 1.82) is 0 Å². The summed E-state index contributed by atoms with van der Waals surface area (Å²) < 4.78 is 0. The molecule has 1 aliphatic rings. The number of hydrogen-bond acceptors (Lipinski definition) is 4. The molecule has 1 saturated heterocycles. The molecular formula is C19H25N3OS. The van der Waals surface area contributed by atoms with E-state index in [1.54, 1.807) is 17.5 Å². The number of carbonyl (C=O) groups excluding carboxylic acids is 1. The number of aryl methyl sites for hydroxylation is 1. The summed E-state index contributed by atoms with van der Waals surface area (Å²) in [6.07, 6.45) is 6.44. The van der Waals surface area contributed by atoms with E-state index in [1.807, 2.05) is 24.3 Å². The summed E-state index contributed by atoms with van der Waals surface area (Å²) in [6.45, 7) is 2.66. The Morgan fingerprint density at radius 2 is 2.21 bits per heavy atom. The molecule has 1 aliphatic heterocycles. The molecule has 3 rings (SSSR count). The molecule has 2 aromatic rings. The fourth-order valence-electron chi connectivity index (χ4n) is 3.23. The molecule has 0 saturated carbocycles. The third-order valence-corrected chi connectivity index (χ3v) is 5.47. The van der Waals surface area contributed by atoms with Crippen LogP contribution in [0.4, 0.5) is 0 Å². The van der Waals surface area contributed by atoms with Gasteiger partial charge in [-0.2, -0.15) is 0 Å². The van der Waals surface area contributed by atoms with Crippen LogP contribution in [-0.4, -0.2) is 34.9 Å². The Morgan fingerprint density at radius 3 is 3.00 bits per heavy atom. The first-order valence-electron chi connectivity index (χ1n) is 8.75. The van der Waals surface area contributed by atoms with Crippen LogP contribution in [0.2, 0.25) is 0 Å². The van der Waals surface area contributed by atoms with Crippen molar-refractivity contribution in [3.8, 4) is 0 Å². The van der Waals surface area contributed by atoms with Gasteiger partial charge in [0.1, 0.15) is 0 Å². The molecule has 1 unspecified atom stereocenters. The third-order valence-electron chi connectivity index (χ3n) is 4.53. The maximum atomic E-state index is 12.9. The van der Waals surface area contributed by atoms with Gasteiger partial charge in [-0.3, -0.25) is 9.78 Å². The second-order valence-electron chi connectivity index (χ2n) is 6.26. The summed E-state index contributed by atoms with van der Waals surface area (Å²) in [7, 11) is 0. The Hall–Kier alpha value is -1.72. The minimum absolute atomic E-state index is 0.251. The van der Waals surface area contributed by atoms with Gasteiger partial charge in [-0.15, -0.1) is 11.3 Å². The molecule has 0 aromatic carbocycles. The van der Waals surface area contributed by atoms with Crippen LogP contribution in [0.25, 0.3) is 0 Å². The third kappa shape index (κ3) is 4.89. The van der Waals surface area contributed by atoms with E-state index in [4.69, 9.17) is 0 Å². The molecule has 5 heteroatoms. The number of thiophene rings is 1. The number of carbonyl (C=O) groups is 1. The lowest BCUT2D eigenvalue weighted by molar-refractivity contribution is -0.134. The lowest BCUT2D eigenvalue weighted by Crippen LogP contribution is -2.40. The maximum Gasteiger partial charge on any atom is 0.223 e. The maximum absolute atomic E-state index is 12.9. The van der Waals surface area contributed by atoms with Crippen LogP contribution < -0.4 is 5.32 Å². The highest BCUT2D eigenvalue weighted by Gasteiger charge is 2.24. The van der Waals surface area contributed by atoms with Crippen molar-refractivity contribution < 1.29 is 4.79 Å². The van der Waals surface area contributed by atoms with Gasteiger partial charge in [0.25, 0.3) is 0 Å². The molecule has 0 spiro atoms.